The van der Waals surface area contributed by atoms with E-state index >= 15 is 0 Å². The number of aryl methyl sites for hydroxylation is 1. The van der Waals surface area contributed by atoms with Crippen LogP contribution in [0.1, 0.15) is 21.4 Å². The van der Waals surface area contributed by atoms with Crippen molar-refractivity contribution >= 4 is 62.1 Å². The molecule has 0 aliphatic carbocycles. The third-order valence-corrected chi connectivity index (χ3v) is 5.82. The van der Waals surface area contributed by atoms with Gasteiger partial charge >= 0.3 is 0 Å². The number of benzene rings is 1. The van der Waals surface area contributed by atoms with Crippen LogP contribution in [0.4, 0.5) is 0 Å². The molecule has 1 unspecified atom stereocenters. The number of rotatable bonds is 2. The summed E-state index contributed by atoms with van der Waals surface area (Å²) in [5, 5.41) is 0.880. The first kappa shape index (κ1) is 13.7. The van der Waals surface area contributed by atoms with E-state index in [1.165, 1.54) is 5.56 Å². The van der Waals surface area contributed by atoms with Crippen LogP contribution < -0.4 is 0 Å². The van der Waals surface area contributed by atoms with E-state index in [2.05, 4.69) is 15.9 Å². The zero-order valence-electron chi connectivity index (χ0n) is 8.81. The second-order valence-corrected chi connectivity index (χ2v) is 7.26. The molecule has 0 nitrogen and oxygen atoms in total. The Kier molecular flexibility index (Phi) is 4.43. The SMILES string of the molecule is Cc1cc(C(Cl)c2c(Cl)cccc2Cl)sc1Br. The van der Waals surface area contributed by atoms with Crippen LogP contribution >= 0.6 is 62.1 Å². The largest absolute Gasteiger partial charge is 0.131 e. The van der Waals surface area contributed by atoms with Gasteiger partial charge in [-0.25, -0.2) is 0 Å². The van der Waals surface area contributed by atoms with Gasteiger partial charge in [0.25, 0.3) is 0 Å². The Morgan fingerprint density at radius 1 is 1.24 bits per heavy atom. The molecular formula is C12H8BrCl3S. The van der Waals surface area contributed by atoms with Crippen molar-refractivity contribution in [1.82, 2.24) is 0 Å². The summed E-state index contributed by atoms with van der Waals surface area (Å²) in [6.07, 6.45) is 0. The van der Waals surface area contributed by atoms with Gasteiger partial charge in [-0.05, 0) is 46.6 Å². The fourth-order valence-electron chi connectivity index (χ4n) is 1.50. The van der Waals surface area contributed by atoms with Gasteiger partial charge in [-0.3, -0.25) is 0 Å². The van der Waals surface area contributed by atoms with Gasteiger partial charge in [-0.2, -0.15) is 0 Å². The van der Waals surface area contributed by atoms with Crippen molar-refractivity contribution in [3.05, 3.63) is 54.1 Å². The first-order valence-electron chi connectivity index (χ1n) is 4.84. The van der Waals surface area contributed by atoms with Crippen LogP contribution in [0.2, 0.25) is 10.0 Å². The molecule has 17 heavy (non-hydrogen) atoms. The van der Waals surface area contributed by atoms with Crippen molar-refractivity contribution in [2.75, 3.05) is 0 Å². The molecule has 0 fully saturated rings. The normalized spacial score (nSPS) is 12.8. The van der Waals surface area contributed by atoms with E-state index in [1.807, 2.05) is 19.1 Å². The minimum Gasteiger partial charge on any atom is -0.131 e. The van der Waals surface area contributed by atoms with Gasteiger partial charge < -0.3 is 0 Å². The van der Waals surface area contributed by atoms with Gasteiger partial charge in [0, 0.05) is 20.5 Å². The molecule has 1 heterocycles. The molecular weight excluding hydrogens is 362 g/mol. The van der Waals surface area contributed by atoms with Crippen molar-refractivity contribution in [2.24, 2.45) is 0 Å². The Bertz CT molecular complexity index is 511. The second kappa shape index (κ2) is 5.50. The molecule has 1 aromatic carbocycles. The van der Waals surface area contributed by atoms with E-state index in [0.717, 1.165) is 14.2 Å². The summed E-state index contributed by atoms with van der Waals surface area (Å²) >= 11 is 23.8. The summed E-state index contributed by atoms with van der Waals surface area (Å²) in [5.41, 5.74) is 1.94. The quantitative estimate of drug-likeness (QED) is 0.533. The van der Waals surface area contributed by atoms with Crippen LogP contribution in [0.3, 0.4) is 0 Å². The molecule has 0 aliphatic heterocycles. The van der Waals surface area contributed by atoms with Crippen LogP contribution in [-0.4, -0.2) is 0 Å². The molecule has 0 saturated carbocycles. The highest BCUT2D eigenvalue weighted by atomic mass is 79.9. The average molecular weight is 371 g/mol. The maximum atomic E-state index is 6.45. The Morgan fingerprint density at radius 2 is 1.82 bits per heavy atom. The van der Waals surface area contributed by atoms with E-state index in [-0.39, 0.29) is 5.38 Å². The van der Waals surface area contributed by atoms with Crippen molar-refractivity contribution in [1.29, 1.82) is 0 Å². The predicted octanol–water partition coefficient (Wildman–Crippen LogP) is 6.45. The maximum Gasteiger partial charge on any atom is 0.0957 e. The summed E-state index contributed by atoms with van der Waals surface area (Å²) in [7, 11) is 0. The minimum absolute atomic E-state index is 0.314. The van der Waals surface area contributed by atoms with Crippen LogP contribution in [-0.2, 0) is 0 Å². The lowest BCUT2D eigenvalue weighted by Gasteiger charge is -2.11. The average Bonchev–Trinajstić information content (AvgIpc) is 2.59. The van der Waals surface area contributed by atoms with E-state index in [9.17, 15) is 0 Å². The molecule has 5 heteroatoms. The lowest BCUT2D eigenvalue weighted by atomic mass is 10.1. The third kappa shape index (κ3) is 2.82. The van der Waals surface area contributed by atoms with Crippen molar-refractivity contribution < 1.29 is 0 Å². The van der Waals surface area contributed by atoms with Crippen molar-refractivity contribution in [2.45, 2.75) is 12.3 Å². The predicted molar refractivity (Wildman–Crippen MR) is 80.9 cm³/mol. The Morgan fingerprint density at radius 3 is 2.29 bits per heavy atom. The molecule has 1 atom stereocenters. The molecule has 2 rings (SSSR count). The van der Waals surface area contributed by atoms with Gasteiger partial charge in [0.2, 0.25) is 0 Å². The lowest BCUT2D eigenvalue weighted by Crippen LogP contribution is -1.92. The number of halogens is 4. The first-order chi connectivity index (χ1) is 8.00. The maximum absolute atomic E-state index is 6.45. The molecule has 0 N–H and O–H groups in total. The second-order valence-electron chi connectivity index (χ2n) is 3.60. The molecule has 90 valence electrons. The summed E-state index contributed by atoms with van der Waals surface area (Å²) in [4.78, 5) is 1.03. The van der Waals surface area contributed by atoms with E-state index in [1.54, 1.807) is 23.5 Å². The molecule has 0 spiro atoms. The summed E-state index contributed by atoms with van der Waals surface area (Å²) < 4.78 is 1.08. The molecule has 0 aliphatic rings. The van der Waals surface area contributed by atoms with Gasteiger partial charge in [0.05, 0.1) is 9.16 Å². The smallest absolute Gasteiger partial charge is 0.0957 e. The Hall–Kier alpha value is 0.270. The van der Waals surface area contributed by atoms with Gasteiger partial charge in [0.15, 0.2) is 0 Å². The minimum atomic E-state index is -0.314. The highest BCUT2D eigenvalue weighted by molar-refractivity contribution is 9.11. The summed E-state index contributed by atoms with van der Waals surface area (Å²) in [5.74, 6) is 0. The third-order valence-electron chi connectivity index (χ3n) is 2.38. The standard InChI is InChI=1S/C12H8BrCl3S/c1-6-5-9(17-12(6)13)11(16)10-7(14)3-2-4-8(10)15/h2-5,11H,1H3. The Balaban J connectivity index is 2.47. The summed E-state index contributed by atoms with van der Waals surface area (Å²) in [6, 6.07) is 7.46. The molecule has 2 aromatic rings. The van der Waals surface area contributed by atoms with Crippen LogP contribution in [0.25, 0.3) is 0 Å². The highest BCUT2D eigenvalue weighted by Gasteiger charge is 2.20. The fraction of sp³-hybridized carbons (Fsp3) is 0.167. The van der Waals surface area contributed by atoms with Crippen molar-refractivity contribution in [3.8, 4) is 0 Å². The van der Waals surface area contributed by atoms with E-state index in [4.69, 9.17) is 34.8 Å². The monoisotopic (exact) mass is 368 g/mol. The molecule has 0 radical (unpaired) electrons. The lowest BCUT2D eigenvalue weighted by molar-refractivity contribution is 1.18. The van der Waals surface area contributed by atoms with E-state index in [0.29, 0.717) is 10.0 Å². The van der Waals surface area contributed by atoms with Gasteiger partial charge in [-0.15, -0.1) is 22.9 Å². The van der Waals surface area contributed by atoms with Crippen LogP contribution in [0.15, 0.2) is 28.1 Å². The summed E-state index contributed by atoms with van der Waals surface area (Å²) in [6.45, 7) is 2.03. The first-order valence-corrected chi connectivity index (χ1v) is 7.64. The molecule has 0 saturated heterocycles. The highest BCUT2D eigenvalue weighted by Crippen LogP contribution is 2.42. The molecule has 1 aromatic heterocycles. The molecule has 0 amide bonds. The van der Waals surface area contributed by atoms with Crippen LogP contribution in [0.5, 0.6) is 0 Å². The van der Waals surface area contributed by atoms with Gasteiger partial charge in [0.1, 0.15) is 0 Å². The van der Waals surface area contributed by atoms with Gasteiger partial charge in [-0.1, -0.05) is 29.3 Å². The molecule has 0 bridgehead atoms. The number of thiophene rings is 1. The number of hydrogen-bond acceptors (Lipinski definition) is 1. The zero-order chi connectivity index (χ0) is 12.6. The van der Waals surface area contributed by atoms with E-state index < -0.39 is 0 Å². The van der Waals surface area contributed by atoms with Crippen molar-refractivity contribution in [3.63, 3.8) is 0 Å². The zero-order valence-corrected chi connectivity index (χ0v) is 13.5. The van der Waals surface area contributed by atoms with Crippen LogP contribution in [0, 0.1) is 6.92 Å². The Labute approximate surface area is 128 Å². The topological polar surface area (TPSA) is 0 Å². The fourth-order valence-corrected chi connectivity index (χ4v) is 4.22. The number of alkyl halides is 1. The number of hydrogen-bond donors (Lipinski definition) is 0.